The Hall–Kier alpha value is -3.53. The van der Waals surface area contributed by atoms with Gasteiger partial charge in [-0.1, -0.05) is 12.1 Å². The van der Waals surface area contributed by atoms with Crippen molar-refractivity contribution < 1.29 is 13.5 Å². The van der Waals surface area contributed by atoms with Crippen LogP contribution in [0.3, 0.4) is 0 Å². The number of pyridine rings is 1. The molecule has 4 N–H and O–H groups in total. The Labute approximate surface area is 178 Å². The van der Waals surface area contributed by atoms with Crippen LogP contribution in [0.1, 0.15) is 5.56 Å². The Morgan fingerprint density at radius 1 is 1.00 bits per heavy atom. The lowest BCUT2D eigenvalue weighted by Gasteiger charge is -2.34. The summed E-state index contributed by atoms with van der Waals surface area (Å²) in [7, 11) is 2.10. The molecule has 4 rings (SSSR count). The van der Waals surface area contributed by atoms with Gasteiger partial charge in [-0.15, -0.1) is 0 Å². The molecule has 31 heavy (non-hydrogen) atoms. The summed E-state index contributed by atoms with van der Waals surface area (Å²) in [6, 6.07) is 9.85. The lowest BCUT2D eigenvalue weighted by Crippen LogP contribution is -2.44. The van der Waals surface area contributed by atoms with Crippen molar-refractivity contribution in [2.24, 2.45) is 0 Å². The predicted molar refractivity (Wildman–Crippen MR) is 115 cm³/mol. The summed E-state index contributed by atoms with van der Waals surface area (Å²) >= 11 is 0. The zero-order chi connectivity index (χ0) is 22.0. The number of ether oxygens (including phenoxy) is 1. The Kier molecular flexibility index (Phi) is 5.55. The van der Waals surface area contributed by atoms with Gasteiger partial charge in [0.15, 0.2) is 5.82 Å². The molecule has 1 aromatic carbocycles. The van der Waals surface area contributed by atoms with Crippen molar-refractivity contribution in [2.45, 2.75) is 6.11 Å². The molecule has 1 aliphatic heterocycles. The molecule has 0 bridgehead atoms. The molecule has 0 saturated carbocycles. The SMILES string of the molecule is CN1CCN(c2ccc(-c3cnc(N)c(OC(F)(F)c4ccnc(N)c4)n3)cc2)CC1. The number of nitrogens with zero attached hydrogens (tertiary/aromatic N) is 5. The molecule has 10 heteroatoms. The first-order valence-corrected chi connectivity index (χ1v) is 9.77. The number of rotatable bonds is 5. The van der Waals surface area contributed by atoms with Crippen molar-refractivity contribution in [1.29, 1.82) is 0 Å². The van der Waals surface area contributed by atoms with Crippen LogP contribution in [-0.4, -0.2) is 53.1 Å². The summed E-state index contributed by atoms with van der Waals surface area (Å²) in [6.07, 6.45) is -1.10. The van der Waals surface area contributed by atoms with Gasteiger partial charge in [0.05, 0.1) is 17.5 Å². The maximum absolute atomic E-state index is 14.6. The first kappa shape index (κ1) is 20.7. The van der Waals surface area contributed by atoms with Crippen LogP contribution in [0.4, 0.5) is 26.1 Å². The van der Waals surface area contributed by atoms with E-state index in [1.54, 1.807) is 0 Å². The maximum atomic E-state index is 14.6. The summed E-state index contributed by atoms with van der Waals surface area (Å²) < 4.78 is 34.0. The molecule has 0 unspecified atom stereocenters. The van der Waals surface area contributed by atoms with E-state index in [4.69, 9.17) is 16.2 Å². The molecule has 3 aromatic rings. The van der Waals surface area contributed by atoms with E-state index < -0.39 is 17.6 Å². The van der Waals surface area contributed by atoms with Crippen molar-refractivity contribution in [3.05, 3.63) is 54.4 Å². The van der Waals surface area contributed by atoms with Gasteiger partial charge in [-0.25, -0.2) is 15.0 Å². The van der Waals surface area contributed by atoms with Crippen molar-refractivity contribution in [2.75, 3.05) is 49.6 Å². The molecule has 1 fully saturated rings. The highest BCUT2D eigenvalue weighted by Gasteiger charge is 2.36. The number of nitrogens with two attached hydrogens (primary N) is 2. The van der Waals surface area contributed by atoms with Gasteiger partial charge < -0.3 is 26.0 Å². The lowest BCUT2D eigenvalue weighted by molar-refractivity contribution is -0.187. The minimum atomic E-state index is -3.70. The molecule has 0 radical (unpaired) electrons. The molecule has 0 aliphatic carbocycles. The number of hydrogen-bond donors (Lipinski definition) is 2. The number of piperazine rings is 1. The summed E-state index contributed by atoms with van der Waals surface area (Å²) in [5, 5.41) is 0. The quantitative estimate of drug-likeness (QED) is 0.640. The number of hydrogen-bond acceptors (Lipinski definition) is 8. The first-order valence-electron chi connectivity index (χ1n) is 9.77. The number of nitrogen functional groups attached to an aromatic ring is 2. The van der Waals surface area contributed by atoms with E-state index in [9.17, 15) is 8.78 Å². The standard InChI is InChI=1S/C21H23F2N7O/c1-29-8-10-30(11-9-29)16-4-2-14(3-5-16)17-13-27-19(25)20(28-17)31-21(22,23)15-6-7-26-18(24)12-15/h2-7,12-13H,8-11H2,1H3,(H2,24,26)(H2,25,27). The largest absolute Gasteiger partial charge is 0.428 e. The van der Waals surface area contributed by atoms with Crippen LogP contribution >= 0.6 is 0 Å². The van der Waals surface area contributed by atoms with Gasteiger partial charge in [-0.2, -0.15) is 8.78 Å². The molecule has 1 aliphatic rings. The third-order valence-electron chi connectivity index (χ3n) is 5.14. The maximum Gasteiger partial charge on any atom is 0.428 e. The summed E-state index contributed by atoms with van der Waals surface area (Å²) in [5.41, 5.74) is 13.0. The second kappa shape index (κ2) is 8.31. The average Bonchev–Trinajstić information content (AvgIpc) is 2.76. The second-order valence-corrected chi connectivity index (χ2v) is 7.37. The molecule has 162 valence electrons. The molecule has 1 saturated heterocycles. The Bertz CT molecular complexity index is 1050. The molecule has 8 nitrogen and oxygen atoms in total. The third-order valence-corrected chi connectivity index (χ3v) is 5.14. The fraction of sp³-hybridized carbons (Fsp3) is 0.286. The van der Waals surface area contributed by atoms with Crippen molar-refractivity contribution in [3.8, 4) is 17.1 Å². The van der Waals surface area contributed by atoms with Gasteiger partial charge in [-0.3, -0.25) is 0 Å². The molecule has 0 atom stereocenters. The van der Waals surface area contributed by atoms with Crippen molar-refractivity contribution in [1.82, 2.24) is 19.9 Å². The van der Waals surface area contributed by atoms with Gasteiger partial charge in [0.2, 0.25) is 0 Å². The number of aromatic nitrogens is 3. The van der Waals surface area contributed by atoms with Crippen molar-refractivity contribution >= 4 is 17.3 Å². The smallest absolute Gasteiger partial charge is 0.407 e. The van der Waals surface area contributed by atoms with E-state index in [0.29, 0.717) is 11.3 Å². The number of halogens is 2. The molecule has 3 heterocycles. The highest BCUT2D eigenvalue weighted by atomic mass is 19.3. The normalized spacial score (nSPS) is 15.1. The summed E-state index contributed by atoms with van der Waals surface area (Å²) in [6.45, 7) is 3.90. The highest BCUT2D eigenvalue weighted by Crippen LogP contribution is 2.34. The van der Waals surface area contributed by atoms with Crippen LogP contribution in [0.15, 0.2) is 48.8 Å². The monoisotopic (exact) mass is 427 g/mol. The van der Waals surface area contributed by atoms with E-state index in [0.717, 1.165) is 44.0 Å². The highest BCUT2D eigenvalue weighted by molar-refractivity contribution is 5.64. The molecule has 0 amide bonds. The van der Waals surface area contributed by atoms with E-state index in [2.05, 4.69) is 31.8 Å². The number of benzene rings is 1. The van der Waals surface area contributed by atoms with Crippen LogP contribution in [0, 0.1) is 0 Å². The molecular weight excluding hydrogens is 404 g/mol. The molecular formula is C21H23F2N7O. The number of anilines is 3. The van der Waals surface area contributed by atoms with Crippen LogP contribution in [-0.2, 0) is 6.11 Å². The zero-order valence-electron chi connectivity index (χ0n) is 17.0. The second-order valence-electron chi connectivity index (χ2n) is 7.37. The first-order chi connectivity index (χ1) is 14.8. The fourth-order valence-electron chi connectivity index (χ4n) is 3.31. The number of alkyl halides is 2. The number of likely N-dealkylation sites (N-methyl/N-ethyl adjacent to an activating group) is 1. The van der Waals surface area contributed by atoms with E-state index in [1.165, 1.54) is 12.4 Å². The van der Waals surface area contributed by atoms with Gasteiger partial charge in [0.1, 0.15) is 5.82 Å². The van der Waals surface area contributed by atoms with Crippen LogP contribution in [0.25, 0.3) is 11.3 Å². The fourth-order valence-corrected chi connectivity index (χ4v) is 3.31. The topological polar surface area (TPSA) is 106 Å². The Morgan fingerprint density at radius 2 is 1.71 bits per heavy atom. The molecule has 2 aromatic heterocycles. The van der Waals surface area contributed by atoms with E-state index in [-0.39, 0.29) is 11.6 Å². The van der Waals surface area contributed by atoms with Crippen LogP contribution < -0.4 is 21.1 Å². The Morgan fingerprint density at radius 3 is 2.39 bits per heavy atom. The summed E-state index contributed by atoms with van der Waals surface area (Å²) in [4.78, 5) is 16.4. The van der Waals surface area contributed by atoms with Gasteiger partial charge >= 0.3 is 6.11 Å². The zero-order valence-corrected chi connectivity index (χ0v) is 17.0. The van der Waals surface area contributed by atoms with Gasteiger partial charge in [-0.05, 0) is 31.3 Å². The summed E-state index contributed by atoms with van der Waals surface area (Å²) in [5.74, 6) is -0.741. The van der Waals surface area contributed by atoms with Gasteiger partial charge in [0, 0.05) is 43.6 Å². The Balaban J connectivity index is 1.55. The predicted octanol–water partition coefficient (Wildman–Crippen LogP) is 2.58. The van der Waals surface area contributed by atoms with E-state index in [1.807, 2.05) is 24.3 Å². The van der Waals surface area contributed by atoms with Crippen LogP contribution in [0.5, 0.6) is 5.88 Å². The average molecular weight is 427 g/mol. The third kappa shape index (κ3) is 4.64. The van der Waals surface area contributed by atoms with Crippen molar-refractivity contribution in [3.63, 3.8) is 0 Å². The van der Waals surface area contributed by atoms with Crippen LogP contribution in [0.2, 0.25) is 0 Å². The minimum Gasteiger partial charge on any atom is -0.407 e. The van der Waals surface area contributed by atoms with E-state index >= 15 is 0 Å². The minimum absolute atomic E-state index is 0.0472. The lowest BCUT2D eigenvalue weighted by atomic mass is 10.1. The molecule has 0 spiro atoms. The van der Waals surface area contributed by atoms with Gasteiger partial charge in [0.25, 0.3) is 5.88 Å².